The van der Waals surface area contributed by atoms with E-state index in [0.29, 0.717) is 17.9 Å². The standard InChI is InChI=1S/C9H12N2O2/c1-2-8(12)6-13-9-3-7(10)4-11-5-9/h3-5H,2,6,10H2,1H3. The van der Waals surface area contributed by atoms with Gasteiger partial charge >= 0.3 is 0 Å². The molecule has 1 heterocycles. The summed E-state index contributed by atoms with van der Waals surface area (Å²) in [5.74, 6) is 0.587. The van der Waals surface area contributed by atoms with Crippen LogP contribution in [0.25, 0.3) is 0 Å². The highest BCUT2D eigenvalue weighted by Gasteiger charge is 1.99. The van der Waals surface area contributed by atoms with Gasteiger partial charge in [-0.15, -0.1) is 0 Å². The molecular formula is C9H12N2O2. The Labute approximate surface area is 76.7 Å². The number of pyridine rings is 1. The van der Waals surface area contributed by atoms with Gasteiger partial charge in [0.25, 0.3) is 0 Å². The molecule has 0 atom stereocenters. The molecule has 0 saturated carbocycles. The number of aromatic nitrogens is 1. The predicted molar refractivity (Wildman–Crippen MR) is 49.4 cm³/mol. The molecule has 0 saturated heterocycles. The van der Waals surface area contributed by atoms with Gasteiger partial charge in [0.2, 0.25) is 0 Å². The number of rotatable bonds is 4. The fourth-order valence-electron chi connectivity index (χ4n) is 0.780. The van der Waals surface area contributed by atoms with Crippen molar-refractivity contribution in [2.24, 2.45) is 0 Å². The molecule has 0 aliphatic heterocycles. The van der Waals surface area contributed by atoms with E-state index in [2.05, 4.69) is 4.98 Å². The van der Waals surface area contributed by atoms with Crippen molar-refractivity contribution >= 4 is 11.5 Å². The molecule has 0 unspecified atom stereocenters. The van der Waals surface area contributed by atoms with Gasteiger partial charge in [-0.1, -0.05) is 6.92 Å². The monoisotopic (exact) mass is 180 g/mol. The van der Waals surface area contributed by atoms with Crippen LogP contribution in [-0.2, 0) is 4.79 Å². The van der Waals surface area contributed by atoms with E-state index < -0.39 is 0 Å². The second kappa shape index (κ2) is 4.45. The van der Waals surface area contributed by atoms with Gasteiger partial charge in [0.05, 0.1) is 18.1 Å². The van der Waals surface area contributed by atoms with E-state index in [1.807, 2.05) is 0 Å². The van der Waals surface area contributed by atoms with Gasteiger partial charge in [-0.2, -0.15) is 0 Å². The molecule has 0 aliphatic carbocycles. The van der Waals surface area contributed by atoms with Crippen LogP contribution in [0.4, 0.5) is 5.69 Å². The topological polar surface area (TPSA) is 65.2 Å². The lowest BCUT2D eigenvalue weighted by atomic mass is 10.3. The number of carbonyl (C=O) groups excluding carboxylic acids is 1. The predicted octanol–water partition coefficient (Wildman–Crippen LogP) is 1.02. The Morgan fingerprint density at radius 2 is 2.38 bits per heavy atom. The minimum atomic E-state index is 0.0578. The maximum atomic E-state index is 10.9. The van der Waals surface area contributed by atoms with Crippen molar-refractivity contribution in [3.63, 3.8) is 0 Å². The summed E-state index contributed by atoms with van der Waals surface area (Å²) in [6, 6.07) is 1.63. The number of carbonyl (C=O) groups is 1. The lowest BCUT2D eigenvalue weighted by Crippen LogP contribution is -2.09. The quantitative estimate of drug-likeness (QED) is 0.751. The van der Waals surface area contributed by atoms with E-state index in [1.165, 1.54) is 12.4 Å². The van der Waals surface area contributed by atoms with Crippen molar-refractivity contribution in [2.45, 2.75) is 13.3 Å². The van der Waals surface area contributed by atoms with Gasteiger partial charge in [0.1, 0.15) is 12.4 Å². The molecule has 0 fully saturated rings. The summed E-state index contributed by atoms with van der Waals surface area (Å²) >= 11 is 0. The average molecular weight is 180 g/mol. The van der Waals surface area contributed by atoms with Crippen LogP contribution < -0.4 is 10.5 Å². The molecule has 4 nitrogen and oxygen atoms in total. The highest BCUT2D eigenvalue weighted by atomic mass is 16.5. The summed E-state index contributed by atoms with van der Waals surface area (Å²) in [5.41, 5.74) is 6.00. The van der Waals surface area contributed by atoms with Gasteiger partial charge in [-0.3, -0.25) is 9.78 Å². The number of nitrogens with two attached hydrogens (primary N) is 1. The maximum absolute atomic E-state index is 10.9. The molecule has 4 heteroatoms. The molecule has 0 aromatic carbocycles. The number of hydrogen-bond donors (Lipinski definition) is 1. The van der Waals surface area contributed by atoms with Crippen molar-refractivity contribution in [2.75, 3.05) is 12.3 Å². The first-order valence-corrected chi connectivity index (χ1v) is 4.07. The van der Waals surface area contributed by atoms with Crippen molar-refractivity contribution in [1.29, 1.82) is 0 Å². The van der Waals surface area contributed by atoms with E-state index in [9.17, 15) is 4.79 Å². The molecular weight excluding hydrogens is 168 g/mol. The number of nitrogen functional groups attached to an aromatic ring is 1. The lowest BCUT2D eigenvalue weighted by Gasteiger charge is -2.03. The Hall–Kier alpha value is -1.58. The molecule has 2 N–H and O–H groups in total. The first-order valence-electron chi connectivity index (χ1n) is 4.07. The smallest absolute Gasteiger partial charge is 0.169 e. The first-order chi connectivity index (χ1) is 6.22. The Bertz CT molecular complexity index is 299. The molecule has 0 spiro atoms. The highest BCUT2D eigenvalue weighted by Crippen LogP contribution is 2.11. The van der Waals surface area contributed by atoms with Crippen LogP contribution in [0, 0.1) is 0 Å². The van der Waals surface area contributed by atoms with Crippen LogP contribution in [0.2, 0.25) is 0 Å². The second-order valence-corrected chi connectivity index (χ2v) is 2.63. The Kier molecular flexibility index (Phi) is 3.25. The van der Waals surface area contributed by atoms with Crippen molar-refractivity contribution in [3.8, 4) is 5.75 Å². The number of ether oxygens (including phenoxy) is 1. The minimum Gasteiger partial charge on any atom is -0.484 e. The molecule has 0 amide bonds. The summed E-state index contributed by atoms with van der Waals surface area (Å²) in [6.07, 6.45) is 3.53. The van der Waals surface area contributed by atoms with Gasteiger partial charge in [0.15, 0.2) is 5.78 Å². The Morgan fingerprint density at radius 1 is 1.62 bits per heavy atom. The highest BCUT2D eigenvalue weighted by molar-refractivity contribution is 5.79. The lowest BCUT2D eigenvalue weighted by molar-refractivity contribution is -0.120. The molecule has 1 aromatic heterocycles. The van der Waals surface area contributed by atoms with Crippen LogP contribution in [0.15, 0.2) is 18.5 Å². The number of anilines is 1. The summed E-state index contributed by atoms with van der Waals surface area (Å²) < 4.78 is 5.15. The molecule has 1 aromatic rings. The van der Waals surface area contributed by atoms with Gasteiger partial charge in [-0.05, 0) is 0 Å². The number of Topliss-reactive ketones (excluding diaryl/α,β-unsaturated/α-hetero) is 1. The van der Waals surface area contributed by atoms with Crippen LogP contribution in [0.1, 0.15) is 13.3 Å². The third-order valence-electron chi connectivity index (χ3n) is 1.53. The third-order valence-corrected chi connectivity index (χ3v) is 1.53. The fraction of sp³-hybridized carbons (Fsp3) is 0.333. The zero-order valence-corrected chi connectivity index (χ0v) is 7.49. The zero-order valence-electron chi connectivity index (χ0n) is 7.49. The van der Waals surface area contributed by atoms with Crippen molar-refractivity contribution in [1.82, 2.24) is 4.98 Å². The third kappa shape index (κ3) is 3.11. The molecule has 0 bridgehead atoms. The second-order valence-electron chi connectivity index (χ2n) is 2.63. The van der Waals surface area contributed by atoms with Crippen LogP contribution in [0.3, 0.4) is 0 Å². The number of hydrogen-bond acceptors (Lipinski definition) is 4. The molecule has 1 rings (SSSR count). The van der Waals surface area contributed by atoms with Gasteiger partial charge in [0, 0.05) is 12.5 Å². The molecule has 13 heavy (non-hydrogen) atoms. The van der Waals surface area contributed by atoms with Gasteiger partial charge < -0.3 is 10.5 Å². The maximum Gasteiger partial charge on any atom is 0.169 e. The van der Waals surface area contributed by atoms with Crippen LogP contribution >= 0.6 is 0 Å². The van der Waals surface area contributed by atoms with E-state index in [0.717, 1.165) is 0 Å². The summed E-state index contributed by atoms with van der Waals surface area (Å²) in [7, 11) is 0. The normalized spacial score (nSPS) is 9.62. The number of nitrogens with zero attached hydrogens (tertiary/aromatic N) is 1. The molecule has 0 radical (unpaired) electrons. The Morgan fingerprint density at radius 3 is 3.00 bits per heavy atom. The van der Waals surface area contributed by atoms with Crippen molar-refractivity contribution in [3.05, 3.63) is 18.5 Å². The van der Waals surface area contributed by atoms with Gasteiger partial charge in [-0.25, -0.2) is 0 Å². The minimum absolute atomic E-state index is 0.0578. The summed E-state index contributed by atoms with van der Waals surface area (Å²) in [6.45, 7) is 1.88. The summed E-state index contributed by atoms with van der Waals surface area (Å²) in [5, 5.41) is 0. The molecule has 0 aliphatic rings. The first kappa shape index (κ1) is 9.51. The molecule has 70 valence electrons. The largest absolute Gasteiger partial charge is 0.484 e. The summed E-state index contributed by atoms with van der Waals surface area (Å²) in [4.78, 5) is 14.7. The van der Waals surface area contributed by atoms with Crippen LogP contribution in [-0.4, -0.2) is 17.4 Å². The zero-order chi connectivity index (χ0) is 9.68. The fourth-order valence-corrected chi connectivity index (χ4v) is 0.780. The van der Waals surface area contributed by atoms with E-state index >= 15 is 0 Å². The van der Waals surface area contributed by atoms with Crippen LogP contribution in [0.5, 0.6) is 5.75 Å². The average Bonchev–Trinajstić information content (AvgIpc) is 2.14. The SMILES string of the molecule is CCC(=O)COc1cncc(N)c1. The Balaban J connectivity index is 2.50. The van der Waals surface area contributed by atoms with E-state index in [-0.39, 0.29) is 12.4 Å². The van der Waals surface area contributed by atoms with Crippen molar-refractivity contribution < 1.29 is 9.53 Å². The van der Waals surface area contributed by atoms with E-state index in [4.69, 9.17) is 10.5 Å². The van der Waals surface area contributed by atoms with E-state index in [1.54, 1.807) is 13.0 Å². The number of ketones is 1.